The highest BCUT2D eigenvalue weighted by Crippen LogP contribution is 2.27. The molecule has 100 valence electrons. The van der Waals surface area contributed by atoms with Crippen molar-refractivity contribution >= 4 is 22.9 Å². The number of nitrogens with one attached hydrogen (secondary N) is 1. The van der Waals surface area contributed by atoms with E-state index < -0.39 is 5.97 Å². The maximum absolute atomic E-state index is 10.7. The molecule has 0 radical (unpaired) electrons. The van der Waals surface area contributed by atoms with E-state index in [2.05, 4.69) is 9.88 Å². The molecule has 0 fully saturated rings. The van der Waals surface area contributed by atoms with Crippen LogP contribution in [0, 0.1) is 6.92 Å². The molecule has 0 spiro atoms. The van der Waals surface area contributed by atoms with E-state index in [1.807, 2.05) is 39.2 Å². The van der Waals surface area contributed by atoms with Crippen molar-refractivity contribution in [3.63, 3.8) is 0 Å². The quantitative estimate of drug-likeness (QED) is 0.829. The third-order valence-electron chi connectivity index (χ3n) is 3.05. The Bertz CT molecular complexity index is 639. The lowest BCUT2D eigenvalue weighted by molar-refractivity contribution is -0.131. The van der Waals surface area contributed by atoms with E-state index in [4.69, 9.17) is 5.11 Å². The van der Waals surface area contributed by atoms with E-state index in [1.54, 1.807) is 6.08 Å². The normalized spacial score (nSPS) is 11.8. The third-order valence-corrected chi connectivity index (χ3v) is 3.05. The predicted molar refractivity (Wildman–Crippen MR) is 77.1 cm³/mol. The van der Waals surface area contributed by atoms with Gasteiger partial charge < -0.3 is 15.0 Å². The summed E-state index contributed by atoms with van der Waals surface area (Å²) in [5.74, 6) is -0.932. The van der Waals surface area contributed by atoms with Crippen LogP contribution in [0.1, 0.15) is 16.8 Å². The van der Waals surface area contributed by atoms with Crippen molar-refractivity contribution in [1.29, 1.82) is 0 Å². The minimum Gasteiger partial charge on any atom is -0.478 e. The van der Waals surface area contributed by atoms with E-state index >= 15 is 0 Å². The highest BCUT2D eigenvalue weighted by atomic mass is 16.4. The molecule has 2 rings (SSSR count). The number of fused-ring (bicyclic) bond motifs is 1. The summed E-state index contributed by atoms with van der Waals surface area (Å²) in [6.07, 6.45) is 2.83. The molecule has 0 unspecified atom stereocenters. The Morgan fingerprint density at radius 1 is 1.42 bits per heavy atom. The molecule has 19 heavy (non-hydrogen) atoms. The molecule has 0 aliphatic rings. The first-order valence-corrected chi connectivity index (χ1v) is 6.15. The smallest absolute Gasteiger partial charge is 0.328 e. The number of aliphatic carboxylic acids is 1. The standard InChI is InChI=1S/C15H18N2O2/c1-10-12(9-17(2)3)15-11(7-8-14(18)19)5-4-6-13(15)16-10/h4-8,16H,9H2,1-3H3,(H,18,19)/b8-7+. The minimum atomic E-state index is -0.932. The molecule has 4 heteroatoms. The second-order valence-corrected chi connectivity index (χ2v) is 4.91. The summed E-state index contributed by atoms with van der Waals surface area (Å²) in [6.45, 7) is 2.87. The number of hydrogen-bond donors (Lipinski definition) is 2. The average molecular weight is 258 g/mol. The van der Waals surface area contributed by atoms with Gasteiger partial charge in [0.25, 0.3) is 0 Å². The third kappa shape index (κ3) is 2.85. The first-order chi connectivity index (χ1) is 8.99. The van der Waals surface area contributed by atoms with Gasteiger partial charge in [-0.2, -0.15) is 0 Å². The molecule has 0 aliphatic heterocycles. The zero-order valence-corrected chi connectivity index (χ0v) is 11.4. The van der Waals surface area contributed by atoms with Gasteiger partial charge in [-0.15, -0.1) is 0 Å². The fourth-order valence-electron chi connectivity index (χ4n) is 2.29. The molecule has 2 aromatic rings. The highest BCUT2D eigenvalue weighted by molar-refractivity contribution is 5.95. The predicted octanol–water partition coefficient (Wildman–Crippen LogP) is 2.64. The minimum absolute atomic E-state index is 0.823. The van der Waals surface area contributed by atoms with E-state index in [9.17, 15) is 4.79 Å². The van der Waals surface area contributed by atoms with Gasteiger partial charge in [0.15, 0.2) is 0 Å². The number of nitrogens with zero attached hydrogens (tertiary/aromatic N) is 1. The monoisotopic (exact) mass is 258 g/mol. The van der Waals surface area contributed by atoms with Crippen LogP contribution in [0.25, 0.3) is 17.0 Å². The maximum atomic E-state index is 10.7. The number of benzene rings is 1. The van der Waals surface area contributed by atoms with Crippen LogP contribution in [0.3, 0.4) is 0 Å². The fraction of sp³-hybridized carbons (Fsp3) is 0.267. The molecular formula is C15H18N2O2. The number of aromatic nitrogens is 1. The van der Waals surface area contributed by atoms with Gasteiger partial charge in [-0.25, -0.2) is 4.79 Å². The molecule has 1 aromatic heterocycles. The molecule has 0 amide bonds. The van der Waals surface area contributed by atoms with Crippen LogP contribution >= 0.6 is 0 Å². The fourth-order valence-corrected chi connectivity index (χ4v) is 2.29. The number of aryl methyl sites for hydroxylation is 1. The Morgan fingerprint density at radius 2 is 2.16 bits per heavy atom. The average Bonchev–Trinajstić information content (AvgIpc) is 2.63. The second-order valence-electron chi connectivity index (χ2n) is 4.91. The first kappa shape index (κ1) is 13.4. The van der Waals surface area contributed by atoms with E-state index in [-0.39, 0.29) is 0 Å². The SMILES string of the molecule is Cc1[nH]c2cccc(/C=C/C(=O)O)c2c1CN(C)C. The molecule has 0 bridgehead atoms. The molecular weight excluding hydrogens is 240 g/mol. The Labute approximate surface area is 112 Å². The molecule has 0 atom stereocenters. The zero-order valence-electron chi connectivity index (χ0n) is 11.4. The Morgan fingerprint density at radius 3 is 2.79 bits per heavy atom. The van der Waals surface area contributed by atoms with Crippen molar-refractivity contribution in [3.05, 3.63) is 41.1 Å². The lowest BCUT2D eigenvalue weighted by Gasteiger charge is -2.10. The summed E-state index contributed by atoms with van der Waals surface area (Å²) in [4.78, 5) is 16.1. The van der Waals surface area contributed by atoms with Crippen LogP contribution in [-0.4, -0.2) is 35.1 Å². The van der Waals surface area contributed by atoms with Gasteiger partial charge in [-0.3, -0.25) is 0 Å². The summed E-state index contributed by atoms with van der Waals surface area (Å²) in [5, 5.41) is 9.87. The van der Waals surface area contributed by atoms with Crippen LogP contribution < -0.4 is 0 Å². The molecule has 1 aromatic carbocycles. The molecule has 0 saturated heterocycles. The van der Waals surface area contributed by atoms with Crippen molar-refractivity contribution in [2.75, 3.05) is 14.1 Å². The van der Waals surface area contributed by atoms with E-state index in [1.165, 1.54) is 11.6 Å². The molecule has 1 heterocycles. The van der Waals surface area contributed by atoms with Crippen molar-refractivity contribution in [1.82, 2.24) is 9.88 Å². The molecule has 0 aliphatic carbocycles. The van der Waals surface area contributed by atoms with Crippen LogP contribution in [0.15, 0.2) is 24.3 Å². The Kier molecular flexibility index (Phi) is 3.71. The van der Waals surface area contributed by atoms with Gasteiger partial charge in [-0.1, -0.05) is 12.1 Å². The van der Waals surface area contributed by atoms with E-state index in [0.29, 0.717) is 0 Å². The van der Waals surface area contributed by atoms with Crippen molar-refractivity contribution in [2.45, 2.75) is 13.5 Å². The number of carboxylic acid groups (broad SMARTS) is 1. The van der Waals surface area contributed by atoms with Crippen molar-refractivity contribution < 1.29 is 9.90 Å². The number of rotatable bonds is 4. The lowest BCUT2D eigenvalue weighted by Crippen LogP contribution is -2.11. The summed E-state index contributed by atoms with van der Waals surface area (Å²) in [7, 11) is 4.04. The molecule has 2 N–H and O–H groups in total. The molecule has 0 saturated carbocycles. The van der Waals surface area contributed by atoms with Crippen LogP contribution in [-0.2, 0) is 11.3 Å². The maximum Gasteiger partial charge on any atom is 0.328 e. The summed E-state index contributed by atoms with van der Waals surface area (Å²) in [5.41, 5.74) is 4.31. The first-order valence-electron chi connectivity index (χ1n) is 6.15. The van der Waals surface area contributed by atoms with Gasteiger partial charge >= 0.3 is 5.97 Å². The summed E-state index contributed by atoms with van der Waals surface area (Å²) in [6, 6.07) is 5.88. The number of aromatic amines is 1. The van der Waals surface area contributed by atoms with Crippen molar-refractivity contribution in [2.24, 2.45) is 0 Å². The second kappa shape index (κ2) is 5.28. The van der Waals surface area contributed by atoms with Gasteiger partial charge in [-0.05, 0) is 44.3 Å². The van der Waals surface area contributed by atoms with Gasteiger partial charge in [0.05, 0.1) is 0 Å². The largest absolute Gasteiger partial charge is 0.478 e. The topological polar surface area (TPSA) is 56.3 Å². The number of carbonyl (C=O) groups is 1. The van der Waals surface area contributed by atoms with Crippen molar-refractivity contribution in [3.8, 4) is 0 Å². The van der Waals surface area contributed by atoms with E-state index in [0.717, 1.165) is 28.7 Å². The van der Waals surface area contributed by atoms with Crippen LogP contribution in [0.4, 0.5) is 0 Å². The van der Waals surface area contributed by atoms with Crippen LogP contribution in [0.2, 0.25) is 0 Å². The highest BCUT2D eigenvalue weighted by Gasteiger charge is 2.11. The van der Waals surface area contributed by atoms with Gasteiger partial charge in [0.1, 0.15) is 0 Å². The Hall–Kier alpha value is -2.07. The summed E-state index contributed by atoms with van der Waals surface area (Å²) < 4.78 is 0. The Balaban J connectivity index is 2.61. The number of carboxylic acids is 1. The molecule has 4 nitrogen and oxygen atoms in total. The van der Waals surface area contributed by atoms with Gasteiger partial charge in [0, 0.05) is 29.2 Å². The lowest BCUT2D eigenvalue weighted by atomic mass is 10.0. The number of hydrogen-bond acceptors (Lipinski definition) is 2. The van der Waals surface area contributed by atoms with Gasteiger partial charge in [0.2, 0.25) is 0 Å². The number of H-pyrrole nitrogens is 1. The van der Waals surface area contributed by atoms with Crippen LogP contribution in [0.5, 0.6) is 0 Å². The summed E-state index contributed by atoms with van der Waals surface area (Å²) >= 11 is 0. The zero-order chi connectivity index (χ0) is 14.0.